The van der Waals surface area contributed by atoms with Gasteiger partial charge < -0.3 is 15.0 Å². The van der Waals surface area contributed by atoms with Crippen molar-refractivity contribution in [1.29, 1.82) is 0 Å². The van der Waals surface area contributed by atoms with Crippen molar-refractivity contribution in [3.8, 4) is 5.75 Å². The molecule has 1 N–H and O–H groups in total. The highest BCUT2D eigenvalue weighted by Gasteiger charge is 2.26. The summed E-state index contributed by atoms with van der Waals surface area (Å²) in [6.45, 7) is 4.50. The Morgan fingerprint density at radius 3 is 2.68 bits per heavy atom. The highest BCUT2D eigenvalue weighted by Crippen LogP contribution is 2.35. The fraction of sp³-hybridized carbons (Fsp3) is 0.300. The summed E-state index contributed by atoms with van der Waals surface area (Å²) < 4.78 is 5.56. The Bertz CT molecular complexity index is 772. The lowest BCUT2D eigenvalue weighted by molar-refractivity contribution is -0.121. The lowest BCUT2D eigenvalue weighted by Gasteiger charge is -2.29. The summed E-state index contributed by atoms with van der Waals surface area (Å²) in [5.74, 6) is 0.807. The smallest absolute Gasteiger partial charge is 0.265 e. The first-order valence-electron chi connectivity index (χ1n) is 8.44. The minimum absolute atomic E-state index is 0.00320. The molecule has 5 nitrogen and oxygen atoms in total. The Morgan fingerprint density at radius 2 is 1.96 bits per heavy atom. The number of amides is 2. The van der Waals surface area contributed by atoms with Gasteiger partial charge in [-0.1, -0.05) is 44.2 Å². The maximum absolute atomic E-state index is 12.3. The molecule has 0 spiro atoms. The fourth-order valence-electron chi connectivity index (χ4n) is 2.80. The topological polar surface area (TPSA) is 58.6 Å². The predicted octanol–water partition coefficient (Wildman–Crippen LogP) is 3.60. The van der Waals surface area contributed by atoms with Gasteiger partial charge in [-0.15, -0.1) is 0 Å². The second-order valence-electron chi connectivity index (χ2n) is 6.58. The van der Waals surface area contributed by atoms with Crippen LogP contribution in [0.25, 0.3) is 0 Å². The van der Waals surface area contributed by atoms with Crippen molar-refractivity contribution in [2.24, 2.45) is 5.92 Å². The van der Waals surface area contributed by atoms with Gasteiger partial charge in [-0.25, -0.2) is 0 Å². The van der Waals surface area contributed by atoms with Gasteiger partial charge in [0.05, 0.1) is 12.2 Å². The number of ether oxygens (including phenoxy) is 1. The lowest BCUT2D eigenvalue weighted by atomic mass is 10.1. The van der Waals surface area contributed by atoms with E-state index in [2.05, 4.69) is 5.32 Å². The van der Waals surface area contributed by atoms with Gasteiger partial charge in [0.25, 0.3) is 5.91 Å². The zero-order chi connectivity index (χ0) is 17.8. The standard InChI is InChI=1S/C20H22N2O3/c1-14(2)10-19(23)21-16-8-9-17-18(11-16)25-13-20(24)22(17)12-15-6-4-3-5-7-15/h3-9,11,14H,10,12-13H2,1-2H3,(H,21,23). The maximum Gasteiger partial charge on any atom is 0.265 e. The second-order valence-corrected chi connectivity index (χ2v) is 6.58. The molecule has 0 saturated heterocycles. The van der Waals surface area contributed by atoms with Gasteiger partial charge in [0.15, 0.2) is 6.61 Å². The number of benzene rings is 2. The third-order valence-corrected chi connectivity index (χ3v) is 3.96. The van der Waals surface area contributed by atoms with Gasteiger partial charge in [0.2, 0.25) is 5.91 Å². The van der Waals surface area contributed by atoms with Crippen molar-refractivity contribution in [2.45, 2.75) is 26.8 Å². The van der Waals surface area contributed by atoms with Gasteiger partial charge in [0, 0.05) is 18.2 Å². The molecule has 2 aromatic rings. The zero-order valence-corrected chi connectivity index (χ0v) is 14.5. The average molecular weight is 338 g/mol. The van der Waals surface area contributed by atoms with E-state index in [1.165, 1.54) is 0 Å². The van der Waals surface area contributed by atoms with Gasteiger partial charge in [-0.2, -0.15) is 0 Å². The molecule has 0 radical (unpaired) electrons. The van der Waals surface area contributed by atoms with E-state index in [4.69, 9.17) is 4.74 Å². The molecule has 1 heterocycles. The predicted molar refractivity (Wildman–Crippen MR) is 97.7 cm³/mol. The number of hydrogen-bond donors (Lipinski definition) is 1. The largest absolute Gasteiger partial charge is 0.481 e. The molecule has 0 saturated carbocycles. The molecule has 5 heteroatoms. The van der Waals surface area contributed by atoms with Crippen molar-refractivity contribution in [2.75, 3.05) is 16.8 Å². The van der Waals surface area contributed by atoms with Crippen molar-refractivity contribution in [3.63, 3.8) is 0 Å². The first-order chi connectivity index (χ1) is 12.0. The molecule has 1 aliphatic heterocycles. The van der Waals surface area contributed by atoms with E-state index in [1.807, 2.05) is 50.2 Å². The van der Waals surface area contributed by atoms with Crippen LogP contribution < -0.4 is 15.0 Å². The molecule has 0 aliphatic carbocycles. The number of fused-ring (bicyclic) bond motifs is 1. The van der Waals surface area contributed by atoms with Crippen molar-refractivity contribution >= 4 is 23.2 Å². The summed E-state index contributed by atoms with van der Waals surface area (Å²) in [4.78, 5) is 25.9. The monoisotopic (exact) mass is 338 g/mol. The highest BCUT2D eigenvalue weighted by atomic mass is 16.5. The van der Waals surface area contributed by atoms with Gasteiger partial charge in [0.1, 0.15) is 5.75 Å². The molecular weight excluding hydrogens is 316 g/mol. The molecule has 2 aromatic carbocycles. The molecule has 0 aromatic heterocycles. The van der Waals surface area contributed by atoms with Crippen LogP contribution >= 0.6 is 0 Å². The molecule has 2 amide bonds. The maximum atomic E-state index is 12.3. The van der Waals surface area contributed by atoms with Crippen LogP contribution in [0.5, 0.6) is 5.75 Å². The molecule has 0 unspecified atom stereocenters. The molecule has 0 atom stereocenters. The zero-order valence-electron chi connectivity index (χ0n) is 14.5. The van der Waals surface area contributed by atoms with Crippen LogP contribution in [0.3, 0.4) is 0 Å². The van der Waals surface area contributed by atoms with Crippen molar-refractivity contribution < 1.29 is 14.3 Å². The lowest BCUT2D eigenvalue weighted by Crippen LogP contribution is -2.38. The summed E-state index contributed by atoms with van der Waals surface area (Å²) in [6, 6.07) is 15.2. The van der Waals surface area contributed by atoms with Crippen LogP contribution in [0.4, 0.5) is 11.4 Å². The highest BCUT2D eigenvalue weighted by molar-refractivity contribution is 5.99. The minimum atomic E-state index is -0.0760. The number of anilines is 2. The molecule has 130 valence electrons. The van der Waals surface area contributed by atoms with Crippen LogP contribution in [0.1, 0.15) is 25.8 Å². The van der Waals surface area contributed by atoms with Crippen molar-refractivity contribution in [1.82, 2.24) is 0 Å². The first kappa shape index (κ1) is 17.0. The molecule has 25 heavy (non-hydrogen) atoms. The van der Waals surface area contributed by atoms with Crippen LogP contribution in [0, 0.1) is 5.92 Å². The Kier molecular flexibility index (Phi) is 5.03. The summed E-state index contributed by atoms with van der Waals surface area (Å²) in [6.07, 6.45) is 0.469. The Hall–Kier alpha value is -2.82. The van der Waals surface area contributed by atoms with Crippen LogP contribution in [0.2, 0.25) is 0 Å². The van der Waals surface area contributed by atoms with Gasteiger partial charge >= 0.3 is 0 Å². The average Bonchev–Trinajstić information content (AvgIpc) is 2.57. The van der Waals surface area contributed by atoms with E-state index < -0.39 is 0 Å². The minimum Gasteiger partial charge on any atom is -0.481 e. The normalized spacial score (nSPS) is 13.4. The third kappa shape index (κ3) is 4.18. The Morgan fingerprint density at radius 1 is 1.20 bits per heavy atom. The SMILES string of the molecule is CC(C)CC(=O)Nc1ccc2c(c1)OCC(=O)N2Cc1ccccc1. The Balaban J connectivity index is 1.80. The van der Waals surface area contributed by atoms with E-state index in [1.54, 1.807) is 17.0 Å². The van der Waals surface area contributed by atoms with E-state index in [9.17, 15) is 9.59 Å². The summed E-state index contributed by atoms with van der Waals surface area (Å²) >= 11 is 0. The van der Waals surface area contributed by atoms with E-state index in [-0.39, 0.29) is 18.4 Å². The quantitative estimate of drug-likeness (QED) is 0.906. The number of nitrogens with zero attached hydrogens (tertiary/aromatic N) is 1. The van der Waals surface area contributed by atoms with Crippen LogP contribution in [-0.4, -0.2) is 18.4 Å². The van der Waals surface area contributed by atoms with Crippen molar-refractivity contribution in [3.05, 3.63) is 54.1 Å². The molecule has 0 bridgehead atoms. The number of rotatable bonds is 5. The second kappa shape index (κ2) is 7.38. The molecule has 3 rings (SSSR count). The summed E-state index contributed by atoms with van der Waals surface area (Å²) in [5.41, 5.74) is 2.46. The first-order valence-corrected chi connectivity index (χ1v) is 8.44. The number of carbonyl (C=O) groups excluding carboxylic acids is 2. The third-order valence-electron chi connectivity index (χ3n) is 3.96. The molecular formula is C20H22N2O3. The number of hydrogen-bond acceptors (Lipinski definition) is 3. The number of carbonyl (C=O) groups is 2. The molecule has 1 aliphatic rings. The number of nitrogens with one attached hydrogen (secondary N) is 1. The summed E-state index contributed by atoms with van der Waals surface area (Å²) in [7, 11) is 0. The van der Waals surface area contributed by atoms with Crippen LogP contribution in [-0.2, 0) is 16.1 Å². The Labute approximate surface area is 147 Å². The van der Waals surface area contributed by atoms with Gasteiger partial charge in [-0.05, 0) is 23.6 Å². The van der Waals surface area contributed by atoms with Crippen LogP contribution in [0.15, 0.2) is 48.5 Å². The fourth-order valence-corrected chi connectivity index (χ4v) is 2.80. The van der Waals surface area contributed by atoms with E-state index in [0.717, 1.165) is 11.3 Å². The molecule has 0 fully saturated rings. The summed E-state index contributed by atoms with van der Waals surface area (Å²) in [5, 5.41) is 2.88. The van der Waals surface area contributed by atoms with E-state index in [0.29, 0.717) is 30.3 Å². The van der Waals surface area contributed by atoms with E-state index >= 15 is 0 Å². The van der Waals surface area contributed by atoms with Gasteiger partial charge in [-0.3, -0.25) is 9.59 Å².